The second-order valence-electron chi connectivity index (χ2n) is 5.77. The Bertz CT molecular complexity index is 481. The van der Waals surface area contributed by atoms with Gasteiger partial charge in [0.15, 0.2) is 5.96 Å². The number of nitrogens with zero attached hydrogens (tertiary/aromatic N) is 3. The van der Waals surface area contributed by atoms with Crippen molar-refractivity contribution in [3.8, 4) is 5.75 Å². The number of likely N-dealkylation sites (N-methyl/N-ethyl adjacent to an activating group) is 1. The van der Waals surface area contributed by atoms with Crippen molar-refractivity contribution in [1.29, 1.82) is 0 Å². The Morgan fingerprint density at radius 1 is 1.28 bits per heavy atom. The molecule has 6 nitrogen and oxygen atoms in total. The van der Waals surface area contributed by atoms with Crippen molar-refractivity contribution in [3.05, 3.63) is 30.3 Å². The SMILES string of the molecule is CCNC(=NCCN1CCOCC1)N(C)CCOc1ccccc1.I. The second-order valence-corrected chi connectivity index (χ2v) is 5.77. The Morgan fingerprint density at radius 2 is 2.00 bits per heavy atom. The molecule has 142 valence electrons. The summed E-state index contributed by atoms with van der Waals surface area (Å²) in [6, 6.07) is 9.90. The predicted molar refractivity (Wildman–Crippen MR) is 113 cm³/mol. The first-order valence-corrected chi connectivity index (χ1v) is 8.77. The minimum absolute atomic E-state index is 0. The first kappa shape index (κ1) is 22.0. The van der Waals surface area contributed by atoms with E-state index in [4.69, 9.17) is 14.5 Å². The normalized spacial score (nSPS) is 15.4. The van der Waals surface area contributed by atoms with Crippen molar-refractivity contribution >= 4 is 29.9 Å². The summed E-state index contributed by atoms with van der Waals surface area (Å²) < 4.78 is 11.1. The van der Waals surface area contributed by atoms with Crippen LogP contribution in [-0.4, -0.2) is 81.9 Å². The summed E-state index contributed by atoms with van der Waals surface area (Å²) in [5.74, 6) is 1.84. The molecule has 1 saturated heterocycles. The lowest BCUT2D eigenvalue weighted by Crippen LogP contribution is -2.42. The van der Waals surface area contributed by atoms with E-state index in [2.05, 4.69) is 22.0 Å². The summed E-state index contributed by atoms with van der Waals surface area (Å²) in [6.07, 6.45) is 0. The van der Waals surface area contributed by atoms with Gasteiger partial charge >= 0.3 is 0 Å². The lowest BCUT2D eigenvalue weighted by Gasteiger charge is -2.26. The number of hydrogen-bond acceptors (Lipinski definition) is 4. The van der Waals surface area contributed by atoms with Gasteiger partial charge in [0.05, 0.1) is 26.3 Å². The summed E-state index contributed by atoms with van der Waals surface area (Å²) in [6.45, 7) is 9.83. The van der Waals surface area contributed by atoms with Crippen LogP contribution in [0.5, 0.6) is 5.75 Å². The highest BCUT2D eigenvalue weighted by atomic mass is 127. The van der Waals surface area contributed by atoms with E-state index in [-0.39, 0.29) is 24.0 Å². The molecule has 1 heterocycles. The van der Waals surface area contributed by atoms with Gasteiger partial charge in [0.25, 0.3) is 0 Å². The minimum Gasteiger partial charge on any atom is -0.492 e. The molecule has 2 rings (SSSR count). The van der Waals surface area contributed by atoms with Crippen molar-refractivity contribution in [2.45, 2.75) is 6.92 Å². The van der Waals surface area contributed by atoms with Gasteiger partial charge in [-0.05, 0) is 19.1 Å². The van der Waals surface area contributed by atoms with Crippen molar-refractivity contribution in [2.24, 2.45) is 4.99 Å². The molecule has 7 heteroatoms. The van der Waals surface area contributed by atoms with Gasteiger partial charge < -0.3 is 19.7 Å². The number of morpholine rings is 1. The lowest BCUT2D eigenvalue weighted by molar-refractivity contribution is 0.0394. The zero-order chi connectivity index (χ0) is 17.0. The molecule has 0 radical (unpaired) electrons. The fourth-order valence-corrected chi connectivity index (χ4v) is 2.51. The highest BCUT2D eigenvalue weighted by Crippen LogP contribution is 2.07. The number of nitrogens with one attached hydrogen (secondary N) is 1. The number of halogens is 1. The largest absolute Gasteiger partial charge is 0.492 e. The fraction of sp³-hybridized carbons (Fsp3) is 0.611. The van der Waals surface area contributed by atoms with Crippen molar-refractivity contribution in [3.63, 3.8) is 0 Å². The van der Waals surface area contributed by atoms with Crippen LogP contribution in [0, 0.1) is 0 Å². The van der Waals surface area contributed by atoms with Crippen LogP contribution in [-0.2, 0) is 4.74 Å². The standard InChI is InChI=1S/C18H30N4O2.HI/c1-3-19-18(20-9-10-22-12-14-23-15-13-22)21(2)11-16-24-17-7-5-4-6-8-17;/h4-8H,3,9-16H2,1-2H3,(H,19,20);1H. The zero-order valence-electron chi connectivity index (χ0n) is 15.3. The molecule has 0 bridgehead atoms. The van der Waals surface area contributed by atoms with E-state index < -0.39 is 0 Å². The minimum atomic E-state index is 0. The lowest BCUT2D eigenvalue weighted by atomic mass is 10.3. The maximum atomic E-state index is 5.76. The highest BCUT2D eigenvalue weighted by molar-refractivity contribution is 14.0. The molecule has 1 aromatic rings. The van der Waals surface area contributed by atoms with E-state index >= 15 is 0 Å². The van der Waals surface area contributed by atoms with Gasteiger partial charge in [-0.25, -0.2) is 0 Å². The van der Waals surface area contributed by atoms with Crippen LogP contribution in [0.2, 0.25) is 0 Å². The van der Waals surface area contributed by atoms with Crippen LogP contribution in [0.15, 0.2) is 35.3 Å². The molecule has 0 unspecified atom stereocenters. The van der Waals surface area contributed by atoms with Crippen LogP contribution >= 0.6 is 24.0 Å². The van der Waals surface area contributed by atoms with Crippen LogP contribution < -0.4 is 10.1 Å². The van der Waals surface area contributed by atoms with E-state index in [1.807, 2.05) is 37.4 Å². The maximum Gasteiger partial charge on any atom is 0.193 e. The Hall–Kier alpha value is -1.06. The third-order valence-corrected chi connectivity index (χ3v) is 3.92. The van der Waals surface area contributed by atoms with Crippen molar-refractivity contribution in [2.75, 3.05) is 66.1 Å². The van der Waals surface area contributed by atoms with Crippen molar-refractivity contribution in [1.82, 2.24) is 15.1 Å². The average molecular weight is 462 g/mol. The number of rotatable bonds is 8. The van der Waals surface area contributed by atoms with Gasteiger partial charge in [-0.2, -0.15) is 0 Å². The molecule has 0 spiro atoms. The van der Waals surface area contributed by atoms with Gasteiger partial charge in [-0.3, -0.25) is 9.89 Å². The molecule has 0 aromatic heterocycles. The summed E-state index contributed by atoms with van der Waals surface area (Å²) >= 11 is 0. The number of ether oxygens (including phenoxy) is 2. The Balaban J connectivity index is 0.00000312. The molecule has 0 amide bonds. The molecule has 1 aromatic carbocycles. The van der Waals surface area contributed by atoms with Gasteiger partial charge in [-0.15, -0.1) is 24.0 Å². The number of benzene rings is 1. The Morgan fingerprint density at radius 3 is 2.68 bits per heavy atom. The summed E-state index contributed by atoms with van der Waals surface area (Å²) in [4.78, 5) is 9.24. The van der Waals surface area contributed by atoms with Gasteiger partial charge in [0.1, 0.15) is 12.4 Å². The topological polar surface area (TPSA) is 49.3 Å². The maximum absolute atomic E-state index is 5.76. The van der Waals surface area contributed by atoms with Crippen LogP contribution in [0.4, 0.5) is 0 Å². The van der Waals surface area contributed by atoms with Crippen molar-refractivity contribution < 1.29 is 9.47 Å². The summed E-state index contributed by atoms with van der Waals surface area (Å²) in [7, 11) is 2.05. The molecular weight excluding hydrogens is 431 g/mol. The smallest absolute Gasteiger partial charge is 0.193 e. The molecule has 1 aliphatic rings. The van der Waals surface area contributed by atoms with Crippen LogP contribution in [0.1, 0.15) is 6.92 Å². The third-order valence-electron chi connectivity index (χ3n) is 3.92. The summed E-state index contributed by atoms with van der Waals surface area (Å²) in [5, 5.41) is 3.35. The molecule has 1 N–H and O–H groups in total. The van der Waals surface area contributed by atoms with E-state index in [1.165, 1.54) is 0 Å². The number of hydrogen-bond donors (Lipinski definition) is 1. The van der Waals surface area contributed by atoms with E-state index in [0.717, 1.165) is 64.2 Å². The van der Waals surface area contributed by atoms with E-state index in [1.54, 1.807) is 0 Å². The second kappa shape index (κ2) is 13.2. The first-order chi connectivity index (χ1) is 11.8. The molecular formula is C18H31IN4O2. The number of guanidine groups is 1. The third kappa shape index (κ3) is 8.73. The number of aliphatic imine (C=N–C) groups is 1. The van der Waals surface area contributed by atoms with E-state index in [0.29, 0.717) is 6.61 Å². The molecule has 1 aliphatic heterocycles. The van der Waals surface area contributed by atoms with Gasteiger partial charge in [0, 0.05) is 33.2 Å². The van der Waals surface area contributed by atoms with Gasteiger partial charge in [-0.1, -0.05) is 18.2 Å². The van der Waals surface area contributed by atoms with Gasteiger partial charge in [0.2, 0.25) is 0 Å². The summed E-state index contributed by atoms with van der Waals surface area (Å²) in [5.41, 5.74) is 0. The fourth-order valence-electron chi connectivity index (χ4n) is 2.51. The molecule has 0 aliphatic carbocycles. The van der Waals surface area contributed by atoms with E-state index in [9.17, 15) is 0 Å². The molecule has 1 fully saturated rings. The average Bonchev–Trinajstić information content (AvgIpc) is 2.63. The molecule has 25 heavy (non-hydrogen) atoms. The highest BCUT2D eigenvalue weighted by Gasteiger charge is 2.10. The molecule has 0 saturated carbocycles. The Kier molecular flexibility index (Phi) is 11.6. The number of para-hydroxylation sites is 1. The quantitative estimate of drug-likeness (QED) is 0.364. The van der Waals surface area contributed by atoms with Crippen LogP contribution in [0.3, 0.4) is 0 Å². The predicted octanol–water partition coefficient (Wildman–Crippen LogP) is 1.91. The monoisotopic (exact) mass is 462 g/mol. The molecule has 0 atom stereocenters. The van der Waals surface area contributed by atoms with Crippen LogP contribution in [0.25, 0.3) is 0 Å². The first-order valence-electron chi connectivity index (χ1n) is 8.77. The zero-order valence-corrected chi connectivity index (χ0v) is 17.6. The Labute approximate surface area is 168 Å².